The van der Waals surface area contributed by atoms with E-state index in [1.54, 1.807) is 12.6 Å². The molecule has 9 heteroatoms. The molecule has 31 heavy (non-hydrogen) atoms. The zero-order valence-corrected chi connectivity index (χ0v) is 18.7. The molecule has 1 unspecified atom stereocenters. The molecular formula is C22H18BrN5O2S. The average Bonchev–Trinajstić information content (AvgIpc) is 3.42. The minimum absolute atomic E-state index is 0.161. The first-order valence-electron chi connectivity index (χ1n) is 9.65. The van der Waals surface area contributed by atoms with E-state index >= 15 is 0 Å². The van der Waals surface area contributed by atoms with E-state index in [4.69, 9.17) is 14.9 Å². The fourth-order valence-corrected chi connectivity index (χ4v) is 4.48. The summed E-state index contributed by atoms with van der Waals surface area (Å²) in [5.41, 5.74) is 3.60. The number of benzene rings is 2. The van der Waals surface area contributed by atoms with Gasteiger partial charge >= 0.3 is 0 Å². The largest absolute Gasteiger partial charge is 0.454 e. The third kappa shape index (κ3) is 4.24. The lowest BCUT2D eigenvalue weighted by Crippen LogP contribution is -2.13. The maximum atomic E-state index is 8.14. The van der Waals surface area contributed by atoms with Crippen LogP contribution in [0.15, 0.2) is 81.9 Å². The lowest BCUT2D eigenvalue weighted by molar-refractivity contribution is -0.0278. The molecule has 2 aromatic carbocycles. The molecule has 4 aromatic rings. The number of aromatic nitrogens is 4. The summed E-state index contributed by atoms with van der Waals surface area (Å²) in [7, 11) is 0. The first-order valence-corrected chi connectivity index (χ1v) is 11.3. The van der Waals surface area contributed by atoms with Crippen molar-refractivity contribution in [2.75, 3.05) is 0 Å². The van der Waals surface area contributed by atoms with Crippen molar-refractivity contribution in [1.29, 1.82) is 5.41 Å². The number of halogens is 1. The first kappa shape index (κ1) is 19.9. The molecule has 0 amide bonds. The summed E-state index contributed by atoms with van der Waals surface area (Å²) >= 11 is 4.85. The van der Waals surface area contributed by atoms with Crippen molar-refractivity contribution in [3.8, 4) is 0 Å². The quantitative estimate of drug-likeness (QED) is 0.397. The molecule has 0 saturated heterocycles. The molecule has 0 saturated carbocycles. The fourth-order valence-electron chi connectivity index (χ4n) is 3.29. The number of aryl methyl sites for hydroxylation is 2. The molecule has 5 rings (SSSR count). The molecule has 156 valence electrons. The molecule has 0 aliphatic carbocycles. The Morgan fingerprint density at radius 3 is 2.77 bits per heavy atom. The van der Waals surface area contributed by atoms with Gasteiger partial charge in [-0.15, -0.1) is 0 Å². The van der Waals surface area contributed by atoms with Gasteiger partial charge in [-0.3, -0.25) is 5.41 Å². The molecule has 0 spiro atoms. The van der Waals surface area contributed by atoms with Crippen LogP contribution in [-0.4, -0.2) is 19.5 Å². The smallest absolute Gasteiger partial charge is 0.268 e. The van der Waals surface area contributed by atoms with Crippen LogP contribution >= 0.6 is 27.7 Å². The average molecular weight is 496 g/mol. The van der Waals surface area contributed by atoms with Gasteiger partial charge in [0.1, 0.15) is 11.8 Å². The van der Waals surface area contributed by atoms with Gasteiger partial charge in [0.15, 0.2) is 16.3 Å². The van der Waals surface area contributed by atoms with Gasteiger partial charge in [0.05, 0.1) is 6.33 Å². The van der Waals surface area contributed by atoms with Gasteiger partial charge in [-0.2, -0.15) is 0 Å². The highest BCUT2D eigenvalue weighted by molar-refractivity contribution is 9.10. The van der Waals surface area contributed by atoms with Crippen LogP contribution in [0, 0.1) is 5.41 Å². The predicted octanol–water partition coefficient (Wildman–Crippen LogP) is 4.88. The molecule has 2 aromatic heterocycles. The molecule has 1 aliphatic heterocycles. The summed E-state index contributed by atoms with van der Waals surface area (Å²) in [5.74, 6) is 0. The number of aromatic amines is 1. The van der Waals surface area contributed by atoms with Crippen LogP contribution < -0.4 is 5.49 Å². The van der Waals surface area contributed by atoms with Crippen LogP contribution in [0.4, 0.5) is 0 Å². The van der Waals surface area contributed by atoms with Gasteiger partial charge in [-0.1, -0.05) is 64.5 Å². The standard InChI is InChI=1S/C22H18BrN5O2S/c23-16-9-5-4-8-15(16)21-29-12-17(30-21)31-22-26-18-19(24)25-13-28(20(18)27-22)11-10-14-6-2-1-3-7-14/h1-9,12-13,21,24H,10-11H2,(H,26,27). The Bertz CT molecular complexity index is 1320. The van der Waals surface area contributed by atoms with Gasteiger partial charge in [0.2, 0.25) is 5.09 Å². The zero-order chi connectivity index (χ0) is 21.2. The van der Waals surface area contributed by atoms with Crippen molar-refractivity contribution in [1.82, 2.24) is 19.5 Å². The third-order valence-electron chi connectivity index (χ3n) is 4.85. The van der Waals surface area contributed by atoms with E-state index in [2.05, 4.69) is 43.0 Å². The van der Waals surface area contributed by atoms with Crippen LogP contribution in [0.2, 0.25) is 0 Å². The van der Waals surface area contributed by atoms with E-state index in [0.29, 0.717) is 21.4 Å². The Kier molecular flexibility index (Phi) is 5.52. The molecule has 0 fully saturated rings. The predicted molar refractivity (Wildman–Crippen MR) is 121 cm³/mol. The lowest BCUT2D eigenvalue weighted by atomic mass is 10.1. The molecule has 1 atom stereocenters. The summed E-state index contributed by atoms with van der Waals surface area (Å²) in [6, 6.07) is 18.0. The Morgan fingerprint density at radius 2 is 1.94 bits per heavy atom. The second kappa shape index (κ2) is 8.60. The Balaban J connectivity index is 1.34. The van der Waals surface area contributed by atoms with Gasteiger partial charge in [-0.25, -0.2) is 9.97 Å². The van der Waals surface area contributed by atoms with E-state index in [1.807, 2.05) is 47.0 Å². The summed E-state index contributed by atoms with van der Waals surface area (Å²) in [6.07, 6.45) is 3.60. The minimum atomic E-state index is -0.508. The number of nitrogens with zero attached hydrogens (tertiary/aromatic N) is 3. The third-order valence-corrected chi connectivity index (χ3v) is 6.35. The molecule has 3 heterocycles. The number of rotatable bonds is 6. The van der Waals surface area contributed by atoms with Crippen molar-refractivity contribution >= 4 is 38.9 Å². The highest BCUT2D eigenvalue weighted by Gasteiger charge is 2.25. The molecule has 2 N–H and O–H groups in total. The van der Waals surface area contributed by atoms with Gasteiger partial charge in [0.25, 0.3) is 6.29 Å². The number of thioether (sulfide) groups is 1. The summed E-state index contributed by atoms with van der Waals surface area (Å²) in [4.78, 5) is 12.1. The van der Waals surface area contributed by atoms with Crippen molar-refractivity contribution in [2.24, 2.45) is 0 Å². The van der Waals surface area contributed by atoms with Crippen molar-refractivity contribution in [2.45, 2.75) is 24.4 Å². The molecule has 7 nitrogen and oxygen atoms in total. The normalized spacial score (nSPS) is 15.5. The second-order valence-electron chi connectivity index (χ2n) is 6.91. The Hall–Kier alpha value is -3.04. The minimum Gasteiger partial charge on any atom is -0.454 e. The fraction of sp³-hybridized carbons (Fsp3) is 0.136. The van der Waals surface area contributed by atoms with Gasteiger partial charge in [-0.05, 0) is 29.8 Å². The maximum Gasteiger partial charge on any atom is 0.268 e. The van der Waals surface area contributed by atoms with E-state index in [9.17, 15) is 0 Å². The summed E-state index contributed by atoms with van der Waals surface area (Å²) in [6.45, 7) is 0.717. The van der Waals surface area contributed by atoms with Crippen molar-refractivity contribution < 1.29 is 9.47 Å². The number of imidazole rings is 1. The number of hydrogen-bond acceptors (Lipinski definition) is 6. The molecule has 1 aliphatic rings. The van der Waals surface area contributed by atoms with Crippen LogP contribution in [-0.2, 0) is 22.4 Å². The molecule has 0 bridgehead atoms. The van der Waals surface area contributed by atoms with Gasteiger partial charge in [0, 0.05) is 16.6 Å². The van der Waals surface area contributed by atoms with Gasteiger partial charge < -0.3 is 19.0 Å². The van der Waals surface area contributed by atoms with Crippen LogP contribution in [0.5, 0.6) is 0 Å². The lowest BCUT2D eigenvalue weighted by Gasteiger charge is -2.12. The maximum absolute atomic E-state index is 8.14. The monoisotopic (exact) mass is 495 g/mol. The number of H-pyrrole nitrogens is 1. The first-order chi connectivity index (χ1) is 15.2. The van der Waals surface area contributed by atoms with Crippen LogP contribution in [0.25, 0.3) is 11.2 Å². The molecular weight excluding hydrogens is 478 g/mol. The highest BCUT2D eigenvalue weighted by atomic mass is 79.9. The highest BCUT2D eigenvalue weighted by Crippen LogP contribution is 2.38. The van der Waals surface area contributed by atoms with Crippen LogP contribution in [0.3, 0.4) is 0 Å². The van der Waals surface area contributed by atoms with E-state index < -0.39 is 6.29 Å². The van der Waals surface area contributed by atoms with E-state index in [-0.39, 0.29) is 5.49 Å². The number of ether oxygens (including phenoxy) is 2. The Morgan fingerprint density at radius 1 is 1.13 bits per heavy atom. The number of nitrogens with one attached hydrogen (secondary N) is 2. The van der Waals surface area contributed by atoms with E-state index in [0.717, 1.165) is 23.0 Å². The molecule has 0 radical (unpaired) electrons. The van der Waals surface area contributed by atoms with Crippen molar-refractivity contribution in [3.63, 3.8) is 0 Å². The number of fused-ring (bicyclic) bond motifs is 1. The SMILES string of the molecule is N=c1ncn(CCc2ccccc2)c2nc(SC3=COC(c4ccccc4Br)O3)[nH]c12. The van der Waals surface area contributed by atoms with Crippen molar-refractivity contribution in [3.05, 3.63) is 93.4 Å². The Labute approximate surface area is 190 Å². The zero-order valence-electron chi connectivity index (χ0n) is 16.3. The summed E-state index contributed by atoms with van der Waals surface area (Å²) in [5, 5.41) is 9.35. The van der Waals surface area contributed by atoms with E-state index in [1.165, 1.54) is 17.3 Å². The number of hydrogen-bond donors (Lipinski definition) is 2. The van der Waals surface area contributed by atoms with Crippen LogP contribution in [0.1, 0.15) is 17.4 Å². The summed E-state index contributed by atoms with van der Waals surface area (Å²) < 4.78 is 14.5. The topological polar surface area (TPSA) is 88.8 Å². The second-order valence-corrected chi connectivity index (χ2v) is 8.76.